The van der Waals surface area contributed by atoms with Crippen LogP contribution < -0.4 is 5.73 Å². The summed E-state index contributed by atoms with van der Waals surface area (Å²) in [4.78, 5) is 20.8. The number of rotatable bonds is 3. The molecule has 0 saturated heterocycles. The van der Waals surface area contributed by atoms with Crippen LogP contribution in [0.2, 0.25) is 0 Å². The zero-order valence-corrected chi connectivity index (χ0v) is 7.99. The molecule has 0 aliphatic carbocycles. The minimum absolute atomic E-state index is 0. The number of Topliss-reactive ketones (excluding diaryl/α,β-unsaturated/α-hetero) is 1. The monoisotopic (exact) mass is 216 g/mol. The first-order valence-electron chi connectivity index (χ1n) is 3.63. The van der Waals surface area contributed by atoms with Gasteiger partial charge in [0, 0.05) is 17.7 Å². The number of hydrogen-bond donors (Lipinski definition) is 1. The second-order valence-electron chi connectivity index (χ2n) is 2.43. The van der Waals surface area contributed by atoms with Gasteiger partial charge in [0.2, 0.25) is 0 Å². The van der Waals surface area contributed by atoms with Crippen molar-refractivity contribution in [2.75, 3.05) is 6.54 Å². The molecular weight excluding hydrogens is 208 g/mol. The van der Waals surface area contributed by atoms with Crippen LogP contribution in [-0.2, 0) is 0 Å². The number of carbonyl (C=O) groups is 1. The fraction of sp³-hybridized carbons (Fsp3) is 0.125. The van der Waals surface area contributed by atoms with Crippen LogP contribution in [0.4, 0.5) is 5.69 Å². The van der Waals surface area contributed by atoms with E-state index in [1.54, 1.807) is 0 Å². The van der Waals surface area contributed by atoms with Crippen molar-refractivity contribution in [1.82, 2.24) is 0 Å². The first-order chi connectivity index (χ1) is 6.15. The van der Waals surface area contributed by atoms with Gasteiger partial charge in [0.25, 0.3) is 5.69 Å². The summed E-state index contributed by atoms with van der Waals surface area (Å²) in [6.07, 6.45) is 0. The van der Waals surface area contributed by atoms with E-state index in [2.05, 4.69) is 0 Å². The Morgan fingerprint density at radius 3 is 2.64 bits per heavy atom. The molecule has 1 aromatic carbocycles. The number of nitro benzene ring substituents is 1. The van der Waals surface area contributed by atoms with E-state index >= 15 is 0 Å². The number of nitrogens with zero attached hydrogens (tertiary/aromatic N) is 1. The lowest BCUT2D eigenvalue weighted by atomic mass is 10.1. The highest BCUT2D eigenvalue weighted by Crippen LogP contribution is 2.12. The van der Waals surface area contributed by atoms with Crippen LogP contribution in [0.3, 0.4) is 0 Å². The fourth-order valence-corrected chi connectivity index (χ4v) is 0.911. The Kier molecular flexibility index (Phi) is 4.76. The number of nitrogens with two attached hydrogens (primary N) is 1. The molecule has 76 valence electrons. The average molecular weight is 217 g/mol. The highest BCUT2D eigenvalue weighted by Gasteiger charge is 2.09. The van der Waals surface area contributed by atoms with Crippen molar-refractivity contribution >= 4 is 23.9 Å². The minimum atomic E-state index is -0.548. The number of non-ortho nitro benzene ring substituents is 1. The smallest absolute Gasteiger partial charge is 0.270 e. The van der Waals surface area contributed by atoms with E-state index in [1.807, 2.05) is 0 Å². The van der Waals surface area contributed by atoms with Gasteiger partial charge in [-0.25, -0.2) is 0 Å². The van der Waals surface area contributed by atoms with Crippen LogP contribution in [0, 0.1) is 10.1 Å². The number of nitro groups is 1. The lowest BCUT2D eigenvalue weighted by molar-refractivity contribution is -0.384. The van der Waals surface area contributed by atoms with E-state index in [4.69, 9.17) is 5.73 Å². The van der Waals surface area contributed by atoms with E-state index in [9.17, 15) is 14.9 Å². The molecule has 1 aromatic rings. The van der Waals surface area contributed by atoms with Crippen LogP contribution in [-0.4, -0.2) is 17.3 Å². The highest BCUT2D eigenvalue weighted by atomic mass is 35.5. The summed E-state index contributed by atoms with van der Waals surface area (Å²) in [6, 6.07) is 5.51. The second-order valence-corrected chi connectivity index (χ2v) is 2.43. The molecular formula is C8H9ClN2O3. The second kappa shape index (κ2) is 5.31. The maximum Gasteiger partial charge on any atom is 0.270 e. The average Bonchev–Trinajstić information content (AvgIpc) is 2.17. The topological polar surface area (TPSA) is 86.2 Å². The third-order valence-electron chi connectivity index (χ3n) is 1.56. The standard InChI is InChI=1S/C8H8N2O3.ClH/c9-5-8(11)6-2-1-3-7(4-6)10(12)13;/h1-4H,5,9H2;1H. The summed E-state index contributed by atoms with van der Waals surface area (Å²) in [6.45, 7) is -0.138. The van der Waals surface area contributed by atoms with Gasteiger partial charge in [-0.1, -0.05) is 12.1 Å². The van der Waals surface area contributed by atoms with Gasteiger partial charge >= 0.3 is 0 Å². The molecule has 0 radical (unpaired) electrons. The van der Waals surface area contributed by atoms with Gasteiger partial charge in [-0.05, 0) is 0 Å². The molecule has 0 aromatic heterocycles. The molecule has 0 spiro atoms. The first-order valence-corrected chi connectivity index (χ1v) is 3.63. The minimum Gasteiger partial charge on any atom is -0.324 e. The Balaban J connectivity index is 0.00000169. The molecule has 6 heteroatoms. The van der Waals surface area contributed by atoms with Gasteiger partial charge in [0.15, 0.2) is 5.78 Å². The summed E-state index contributed by atoms with van der Waals surface area (Å²) >= 11 is 0. The van der Waals surface area contributed by atoms with Crippen molar-refractivity contribution in [3.63, 3.8) is 0 Å². The van der Waals surface area contributed by atoms with E-state index < -0.39 is 4.92 Å². The summed E-state index contributed by atoms with van der Waals surface area (Å²) in [5.74, 6) is -0.302. The van der Waals surface area contributed by atoms with Gasteiger partial charge in [-0.15, -0.1) is 12.4 Å². The molecule has 0 heterocycles. The van der Waals surface area contributed by atoms with Crippen LogP contribution in [0.25, 0.3) is 0 Å². The largest absolute Gasteiger partial charge is 0.324 e. The third kappa shape index (κ3) is 2.79. The molecule has 0 fully saturated rings. The van der Waals surface area contributed by atoms with E-state index in [0.29, 0.717) is 0 Å². The molecule has 0 amide bonds. The quantitative estimate of drug-likeness (QED) is 0.467. The van der Waals surface area contributed by atoms with Crippen molar-refractivity contribution in [3.8, 4) is 0 Å². The number of carbonyl (C=O) groups excluding carboxylic acids is 1. The molecule has 1 rings (SSSR count). The lowest BCUT2D eigenvalue weighted by Gasteiger charge is -1.96. The van der Waals surface area contributed by atoms with E-state index in [-0.39, 0.29) is 36.0 Å². The zero-order chi connectivity index (χ0) is 9.84. The van der Waals surface area contributed by atoms with Crippen molar-refractivity contribution in [3.05, 3.63) is 39.9 Å². The van der Waals surface area contributed by atoms with Crippen LogP contribution in [0.1, 0.15) is 10.4 Å². The molecule has 0 atom stereocenters. The van der Waals surface area contributed by atoms with Crippen molar-refractivity contribution in [2.45, 2.75) is 0 Å². The van der Waals surface area contributed by atoms with E-state index in [1.165, 1.54) is 24.3 Å². The summed E-state index contributed by atoms with van der Waals surface area (Å²) in [5, 5.41) is 10.3. The predicted molar refractivity (Wildman–Crippen MR) is 53.7 cm³/mol. The van der Waals surface area contributed by atoms with Gasteiger partial charge in [0.05, 0.1) is 11.5 Å². The van der Waals surface area contributed by atoms with Gasteiger partial charge in [0.1, 0.15) is 0 Å². The fourth-order valence-electron chi connectivity index (χ4n) is 0.911. The van der Waals surface area contributed by atoms with Crippen LogP contribution in [0.15, 0.2) is 24.3 Å². The number of ketones is 1. The first kappa shape index (κ1) is 12.5. The summed E-state index contributed by atoms with van der Waals surface area (Å²) < 4.78 is 0. The molecule has 0 aliphatic rings. The number of hydrogen-bond acceptors (Lipinski definition) is 4. The SMILES string of the molecule is Cl.NCC(=O)c1cccc([N+](=O)[O-])c1. The molecule has 2 N–H and O–H groups in total. The van der Waals surface area contributed by atoms with Crippen LogP contribution in [0.5, 0.6) is 0 Å². The Bertz CT molecular complexity index is 354. The molecule has 0 bridgehead atoms. The van der Waals surface area contributed by atoms with Gasteiger partial charge in [-0.3, -0.25) is 14.9 Å². The number of benzene rings is 1. The van der Waals surface area contributed by atoms with Gasteiger partial charge in [-0.2, -0.15) is 0 Å². The summed E-state index contributed by atoms with van der Waals surface area (Å²) in [5.41, 5.74) is 5.29. The Hall–Kier alpha value is -1.46. The molecule has 5 nitrogen and oxygen atoms in total. The van der Waals surface area contributed by atoms with Crippen molar-refractivity contribution < 1.29 is 9.72 Å². The van der Waals surface area contributed by atoms with Crippen molar-refractivity contribution in [2.24, 2.45) is 5.73 Å². The molecule has 0 saturated carbocycles. The maximum atomic E-state index is 11.0. The lowest BCUT2D eigenvalue weighted by Crippen LogP contribution is -2.13. The Morgan fingerprint density at radius 2 is 2.14 bits per heavy atom. The predicted octanol–water partition coefficient (Wildman–Crippen LogP) is 1.16. The van der Waals surface area contributed by atoms with E-state index in [0.717, 1.165) is 0 Å². The molecule has 0 unspecified atom stereocenters. The highest BCUT2D eigenvalue weighted by molar-refractivity contribution is 5.97. The Labute approximate surface area is 86.5 Å². The number of halogens is 1. The zero-order valence-electron chi connectivity index (χ0n) is 7.17. The normalized spacial score (nSPS) is 8.93. The summed E-state index contributed by atoms with van der Waals surface area (Å²) in [7, 11) is 0. The molecule has 0 aliphatic heterocycles. The molecule has 14 heavy (non-hydrogen) atoms. The van der Waals surface area contributed by atoms with Crippen LogP contribution >= 0.6 is 12.4 Å². The maximum absolute atomic E-state index is 11.0. The van der Waals surface area contributed by atoms with Gasteiger partial charge < -0.3 is 5.73 Å². The third-order valence-corrected chi connectivity index (χ3v) is 1.56. The van der Waals surface area contributed by atoms with Crippen molar-refractivity contribution in [1.29, 1.82) is 0 Å². The Morgan fingerprint density at radius 1 is 1.50 bits per heavy atom.